The number of nitrogens with zero attached hydrogens (tertiary/aromatic N) is 2. The monoisotopic (exact) mass is 387 g/mol. The number of aryl methyl sites for hydroxylation is 1. The van der Waals surface area contributed by atoms with Gasteiger partial charge in [-0.3, -0.25) is 9.78 Å². The third kappa shape index (κ3) is 4.35. The van der Waals surface area contributed by atoms with Gasteiger partial charge in [0.15, 0.2) is 0 Å². The Hall–Kier alpha value is -2.27. The Labute approximate surface area is 165 Å². The van der Waals surface area contributed by atoms with E-state index in [1.54, 1.807) is 19.4 Å². The molecular formula is C21H26ClN3O2. The Balaban J connectivity index is 1.83. The number of rotatable bonds is 5. The second-order valence-electron chi connectivity index (χ2n) is 6.94. The SMILES string of the molecule is CCC1CCCCN1c1cncc(C(=O)Nc2cc(C)c(Cl)cc2OC)c1. The van der Waals surface area contributed by atoms with Crippen molar-refractivity contribution in [2.24, 2.45) is 0 Å². The molecule has 0 spiro atoms. The van der Waals surface area contributed by atoms with E-state index >= 15 is 0 Å². The van der Waals surface area contributed by atoms with Crippen molar-refractivity contribution >= 4 is 28.9 Å². The third-order valence-corrected chi connectivity index (χ3v) is 5.55. The van der Waals surface area contributed by atoms with Crippen LogP contribution in [0.2, 0.25) is 5.02 Å². The molecule has 3 rings (SSSR count). The van der Waals surface area contributed by atoms with Gasteiger partial charge in [-0.2, -0.15) is 0 Å². The number of nitrogens with one attached hydrogen (secondary N) is 1. The number of ether oxygens (including phenoxy) is 1. The molecule has 1 aliphatic heterocycles. The molecule has 0 bridgehead atoms. The lowest BCUT2D eigenvalue weighted by molar-refractivity contribution is 0.102. The molecular weight excluding hydrogens is 362 g/mol. The number of carbonyl (C=O) groups excluding carboxylic acids is 1. The maximum absolute atomic E-state index is 12.8. The summed E-state index contributed by atoms with van der Waals surface area (Å²) in [6, 6.07) is 5.96. The van der Waals surface area contributed by atoms with E-state index in [-0.39, 0.29) is 5.91 Å². The maximum atomic E-state index is 12.8. The van der Waals surface area contributed by atoms with Crippen molar-refractivity contribution in [3.63, 3.8) is 0 Å². The maximum Gasteiger partial charge on any atom is 0.257 e. The number of pyridine rings is 1. The molecule has 1 aliphatic rings. The largest absolute Gasteiger partial charge is 0.495 e. The predicted octanol–water partition coefficient (Wildman–Crippen LogP) is 5.07. The molecule has 0 aliphatic carbocycles. The first kappa shape index (κ1) is 19.5. The molecule has 1 aromatic carbocycles. The number of carbonyl (C=O) groups is 1. The highest BCUT2D eigenvalue weighted by atomic mass is 35.5. The first-order valence-electron chi connectivity index (χ1n) is 9.40. The number of benzene rings is 1. The summed E-state index contributed by atoms with van der Waals surface area (Å²) in [7, 11) is 1.56. The van der Waals surface area contributed by atoms with Gasteiger partial charge in [-0.05, 0) is 50.3 Å². The van der Waals surface area contributed by atoms with E-state index in [4.69, 9.17) is 16.3 Å². The Morgan fingerprint density at radius 2 is 2.15 bits per heavy atom. The van der Waals surface area contributed by atoms with Gasteiger partial charge in [0.2, 0.25) is 0 Å². The van der Waals surface area contributed by atoms with Crippen LogP contribution in [0.3, 0.4) is 0 Å². The fourth-order valence-electron chi connectivity index (χ4n) is 3.60. The minimum atomic E-state index is -0.213. The van der Waals surface area contributed by atoms with Crippen molar-refractivity contribution in [3.05, 3.63) is 46.7 Å². The average Bonchev–Trinajstić information content (AvgIpc) is 2.70. The van der Waals surface area contributed by atoms with E-state index in [0.717, 1.165) is 24.2 Å². The molecule has 1 amide bonds. The summed E-state index contributed by atoms with van der Waals surface area (Å²) in [4.78, 5) is 19.5. The van der Waals surface area contributed by atoms with Crippen LogP contribution in [0, 0.1) is 6.92 Å². The Morgan fingerprint density at radius 3 is 2.89 bits per heavy atom. The summed E-state index contributed by atoms with van der Waals surface area (Å²) in [5.41, 5.74) is 3.01. The second kappa shape index (κ2) is 8.61. The topological polar surface area (TPSA) is 54.5 Å². The van der Waals surface area contributed by atoms with E-state index in [1.807, 2.05) is 25.3 Å². The molecule has 0 radical (unpaired) electrons. The van der Waals surface area contributed by atoms with Crippen LogP contribution in [0.1, 0.15) is 48.5 Å². The van der Waals surface area contributed by atoms with Gasteiger partial charge in [-0.1, -0.05) is 18.5 Å². The number of piperidine rings is 1. The zero-order valence-corrected chi connectivity index (χ0v) is 16.8. The molecule has 1 atom stereocenters. The van der Waals surface area contributed by atoms with Gasteiger partial charge in [-0.15, -0.1) is 0 Å². The van der Waals surface area contributed by atoms with Gasteiger partial charge >= 0.3 is 0 Å². The molecule has 27 heavy (non-hydrogen) atoms. The van der Waals surface area contributed by atoms with E-state index in [1.165, 1.54) is 19.3 Å². The standard InChI is InChI=1S/C21H26ClN3O2/c1-4-16-7-5-6-8-25(16)17-10-15(12-23-13-17)21(26)24-19-9-14(2)18(22)11-20(19)27-3/h9-13,16H,4-8H2,1-3H3,(H,24,26). The molecule has 144 valence electrons. The van der Waals surface area contributed by atoms with Gasteiger partial charge in [0.1, 0.15) is 5.75 Å². The number of hydrogen-bond acceptors (Lipinski definition) is 4. The van der Waals surface area contributed by atoms with Crippen LogP contribution in [0.25, 0.3) is 0 Å². The summed E-state index contributed by atoms with van der Waals surface area (Å²) < 4.78 is 5.34. The number of anilines is 2. The molecule has 2 aromatic rings. The third-order valence-electron chi connectivity index (χ3n) is 5.14. The van der Waals surface area contributed by atoms with Gasteiger partial charge in [-0.25, -0.2) is 0 Å². The minimum Gasteiger partial charge on any atom is -0.495 e. The normalized spacial score (nSPS) is 16.9. The second-order valence-corrected chi connectivity index (χ2v) is 7.35. The molecule has 0 saturated carbocycles. The van der Waals surface area contributed by atoms with Crippen LogP contribution in [0.5, 0.6) is 5.75 Å². The average molecular weight is 388 g/mol. The highest BCUT2D eigenvalue weighted by Gasteiger charge is 2.22. The number of aromatic nitrogens is 1. The van der Waals surface area contributed by atoms with Crippen molar-refractivity contribution in [2.75, 3.05) is 23.9 Å². The molecule has 1 N–H and O–H groups in total. The van der Waals surface area contributed by atoms with Crippen LogP contribution in [0.15, 0.2) is 30.6 Å². The van der Waals surface area contributed by atoms with Crippen molar-refractivity contribution in [1.82, 2.24) is 4.98 Å². The number of amides is 1. The lowest BCUT2D eigenvalue weighted by Crippen LogP contribution is -2.39. The zero-order chi connectivity index (χ0) is 19.4. The molecule has 5 nitrogen and oxygen atoms in total. The quantitative estimate of drug-likeness (QED) is 0.777. The lowest BCUT2D eigenvalue weighted by atomic mass is 9.99. The van der Waals surface area contributed by atoms with E-state index in [9.17, 15) is 4.79 Å². The minimum absolute atomic E-state index is 0.213. The molecule has 1 unspecified atom stereocenters. The van der Waals surface area contributed by atoms with Gasteiger partial charge in [0.05, 0.1) is 30.2 Å². The predicted molar refractivity (Wildman–Crippen MR) is 110 cm³/mol. The fourth-order valence-corrected chi connectivity index (χ4v) is 3.75. The number of methoxy groups -OCH3 is 1. The van der Waals surface area contributed by atoms with E-state index < -0.39 is 0 Å². The van der Waals surface area contributed by atoms with Crippen molar-refractivity contribution < 1.29 is 9.53 Å². The van der Waals surface area contributed by atoms with Crippen molar-refractivity contribution in [3.8, 4) is 5.75 Å². The lowest BCUT2D eigenvalue weighted by Gasteiger charge is -2.37. The Kier molecular flexibility index (Phi) is 6.22. The van der Waals surface area contributed by atoms with Crippen LogP contribution in [0.4, 0.5) is 11.4 Å². The van der Waals surface area contributed by atoms with Gasteiger partial charge in [0, 0.05) is 29.9 Å². The Bertz CT molecular complexity index is 825. The molecule has 2 heterocycles. The van der Waals surface area contributed by atoms with Crippen molar-refractivity contribution in [2.45, 2.75) is 45.6 Å². The highest BCUT2D eigenvalue weighted by Crippen LogP contribution is 2.32. The fraction of sp³-hybridized carbons (Fsp3) is 0.429. The molecule has 6 heteroatoms. The number of halogens is 1. The van der Waals surface area contributed by atoms with Gasteiger partial charge < -0.3 is 15.0 Å². The molecule has 1 saturated heterocycles. The van der Waals surface area contributed by atoms with Gasteiger partial charge in [0.25, 0.3) is 5.91 Å². The van der Waals surface area contributed by atoms with Crippen molar-refractivity contribution in [1.29, 1.82) is 0 Å². The first-order valence-corrected chi connectivity index (χ1v) is 9.78. The summed E-state index contributed by atoms with van der Waals surface area (Å²) >= 11 is 6.14. The van der Waals surface area contributed by atoms with Crippen LogP contribution < -0.4 is 15.0 Å². The molecule has 1 fully saturated rings. The smallest absolute Gasteiger partial charge is 0.257 e. The highest BCUT2D eigenvalue weighted by molar-refractivity contribution is 6.31. The Morgan fingerprint density at radius 1 is 1.33 bits per heavy atom. The zero-order valence-electron chi connectivity index (χ0n) is 16.1. The van der Waals surface area contributed by atoms with Crippen LogP contribution in [-0.4, -0.2) is 30.6 Å². The first-order chi connectivity index (χ1) is 13.0. The number of hydrogen-bond donors (Lipinski definition) is 1. The van der Waals surface area contributed by atoms with E-state index in [2.05, 4.69) is 22.1 Å². The summed E-state index contributed by atoms with van der Waals surface area (Å²) in [6.07, 6.45) is 8.16. The summed E-state index contributed by atoms with van der Waals surface area (Å²) in [6.45, 7) is 5.11. The van der Waals surface area contributed by atoms with E-state index in [0.29, 0.717) is 28.1 Å². The van der Waals surface area contributed by atoms with Crippen LogP contribution >= 0.6 is 11.6 Å². The summed E-state index contributed by atoms with van der Waals surface area (Å²) in [5, 5.41) is 3.52. The summed E-state index contributed by atoms with van der Waals surface area (Å²) in [5.74, 6) is 0.319. The van der Waals surface area contributed by atoms with Crippen LogP contribution in [-0.2, 0) is 0 Å². The molecule has 1 aromatic heterocycles.